The van der Waals surface area contributed by atoms with Crippen LogP contribution in [0.3, 0.4) is 0 Å². The quantitative estimate of drug-likeness (QED) is 0.799. The maximum Gasteiger partial charge on any atom is 0.258 e. The highest BCUT2D eigenvalue weighted by Crippen LogP contribution is 2.25. The molecule has 2 aromatic carbocycles. The molecule has 4 heteroatoms. The second-order valence-corrected chi connectivity index (χ2v) is 4.67. The summed E-state index contributed by atoms with van der Waals surface area (Å²) in [7, 11) is 0. The summed E-state index contributed by atoms with van der Waals surface area (Å²) in [4.78, 5) is 11.9. The van der Waals surface area contributed by atoms with Crippen LogP contribution in [0.1, 0.15) is 21.5 Å². The van der Waals surface area contributed by atoms with E-state index >= 15 is 0 Å². The molecule has 0 heterocycles. The topological polar surface area (TPSA) is 69.6 Å². The molecule has 0 spiro atoms. The van der Waals surface area contributed by atoms with E-state index in [0.29, 0.717) is 13.0 Å². The molecule has 1 amide bonds. The fourth-order valence-corrected chi connectivity index (χ4v) is 2.04. The van der Waals surface area contributed by atoms with Crippen molar-refractivity contribution in [2.45, 2.75) is 13.3 Å². The Hall–Kier alpha value is -2.49. The van der Waals surface area contributed by atoms with Crippen LogP contribution in [0.5, 0.6) is 11.5 Å². The molecule has 0 aliphatic heterocycles. The number of aromatic hydroxyl groups is 2. The van der Waals surface area contributed by atoms with Crippen molar-refractivity contribution >= 4 is 5.91 Å². The van der Waals surface area contributed by atoms with Gasteiger partial charge in [0.15, 0.2) is 0 Å². The van der Waals surface area contributed by atoms with Gasteiger partial charge in [0.05, 0.1) is 0 Å². The van der Waals surface area contributed by atoms with E-state index < -0.39 is 5.91 Å². The Labute approximate surface area is 117 Å². The van der Waals surface area contributed by atoms with Crippen LogP contribution >= 0.6 is 0 Å². The highest BCUT2D eigenvalue weighted by Gasteiger charge is 2.15. The van der Waals surface area contributed by atoms with Crippen molar-refractivity contribution in [2.75, 3.05) is 6.54 Å². The van der Waals surface area contributed by atoms with Crippen molar-refractivity contribution in [3.05, 3.63) is 59.2 Å². The van der Waals surface area contributed by atoms with E-state index in [-0.39, 0.29) is 17.1 Å². The van der Waals surface area contributed by atoms with Gasteiger partial charge in [-0.3, -0.25) is 4.79 Å². The summed E-state index contributed by atoms with van der Waals surface area (Å²) in [6, 6.07) is 12.3. The number of amides is 1. The highest BCUT2D eigenvalue weighted by molar-refractivity contribution is 5.99. The molecule has 2 aromatic rings. The van der Waals surface area contributed by atoms with Gasteiger partial charge in [-0.05, 0) is 31.0 Å². The maximum absolute atomic E-state index is 11.9. The van der Waals surface area contributed by atoms with Gasteiger partial charge >= 0.3 is 0 Å². The van der Waals surface area contributed by atoms with Crippen molar-refractivity contribution in [2.24, 2.45) is 0 Å². The minimum absolute atomic E-state index is 0.0863. The van der Waals surface area contributed by atoms with Gasteiger partial charge < -0.3 is 15.5 Å². The number of hydrogen-bond donors (Lipinski definition) is 3. The average molecular weight is 271 g/mol. The highest BCUT2D eigenvalue weighted by atomic mass is 16.3. The monoisotopic (exact) mass is 271 g/mol. The molecule has 0 aromatic heterocycles. The van der Waals surface area contributed by atoms with Crippen LogP contribution in [0.2, 0.25) is 0 Å². The van der Waals surface area contributed by atoms with Crippen LogP contribution in [0.25, 0.3) is 0 Å². The predicted molar refractivity (Wildman–Crippen MR) is 77.0 cm³/mol. The van der Waals surface area contributed by atoms with Gasteiger partial charge in [-0.2, -0.15) is 0 Å². The molecule has 0 radical (unpaired) electrons. The molecule has 2 rings (SSSR count). The first-order valence-electron chi connectivity index (χ1n) is 6.42. The van der Waals surface area contributed by atoms with E-state index in [2.05, 4.69) is 11.4 Å². The lowest BCUT2D eigenvalue weighted by Gasteiger charge is -2.08. The summed E-state index contributed by atoms with van der Waals surface area (Å²) >= 11 is 0. The smallest absolute Gasteiger partial charge is 0.258 e. The maximum atomic E-state index is 11.9. The Morgan fingerprint density at radius 3 is 2.40 bits per heavy atom. The number of hydrogen-bond acceptors (Lipinski definition) is 3. The van der Waals surface area contributed by atoms with Crippen LogP contribution in [0, 0.1) is 6.92 Å². The fourth-order valence-electron chi connectivity index (χ4n) is 2.04. The van der Waals surface area contributed by atoms with Crippen LogP contribution in [0.4, 0.5) is 0 Å². The normalized spacial score (nSPS) is 10.2. The van der Waals surface area contributed by atoms with Crippen molar-refractivity contribution in [3.63, 3.8) is 0 Å². The lowest BCUT2D eigenvalue weighted by atomic mass is 10.1. The first kappa shape index (κ1) is 13.9. The SMILES string of the molecule is Cc1cccc(CCNC(=O)c2c(O)cccc2O)c1. The molecule has 0 saturated heterocycles. The van der Waals surface area contributed by atoms with E-state index in [1.165, 1.54) is 23.8 Å². The van der Waals surface area contributed by atoms with Gasteiger partial charge in [0, 0.05) is 6.54 Å². The number of phenols is 2. The van der Waals surface area contributed by atoms with Crippen molar-refractivity contribution in [1.82, 2.24) is 5.32 Å². The molecule has 4 nitrogen and oxygen atoms in total. The number of phenolic OH excluding ortho intramolecular Hbond substituents is 2. The zero-order valence-electron chi connectivity index (χ0n) is 11.3. The minimum Gasteiger partial charge on any atom is -0.507 e. The Morgan fingerprint density at radius 1 is 1.10 bits per heavy atom. The molecular formula is C16H17NO3. The summed E-state index contributed by atoms with van der Waals surface area (Å²) < 4.78 is 0. The van der Waals surface area contributed by atoms with E-state index in [1.807, 2.05) is 25.1 Å². The van der Waals surface area contributed by atoms with Crippen molar-refractivity contribution in [3.8, 4) is 11.5 Å². The van der Waals surface area contributed by atoms with Crippen molar-refractivity contribution in [1.29, 1.82) is 0 Å². The predicted octanol–water partition coefficient (Wildman–Crippen LogP) is 2.38. The Morgan fingerprint density at radius 2 is 1.75 bits per heavy atom. The lowest BCUT2D eigenvalue weighted by Crippen LogP contribution is -2.25. The van der Waals surface area contributed by atoms with Gasteiger partial charge in [-0.25, -0.2) is 0 Å². The van der Waals surface area contributed by atoms with Gasteiger partial charge in [-0.1, -0.05) is 35.9 Å². The molecule has 0 unspecified atom stereocenters. The number of carbonyl (C=O) groups is 1. The van der Waals surface area contributed by atoms with Gasteiger partial charge in [0.2, 0.25) is 0 Å². The van der Waals surface area contributed by atoms with Gasteiger partial charge in [0.25, 0.3) is 5.91 Å². The first-order chi connectivity index (χ1) is 9.58. The third-order valence-electron chi connectivity index (χ3n) is 3.03. The molecule has 0 aliphatic rings. The summed E-state index contributed by atoms with van der Waals surface area (Å²) in [6.45, 7) is 2.46. The molecule has 0 aliphatic carbocycles. The summed E-state index contributed by atoms with van der Waals surface area (Å²) in [5.41, 5.74) is 2.22. The molecule has 0 atom stereocenters. The largest absolute Gasteiger partial charge is 0.507 e. The van der Waals surface area contributed by atoms with Crippen molar-refractivity contribution < 1.29 is 15.0 Å². The first-order valence-corrected chi connectivity index (χ1v) is 6.42. The molecule has 104 valence electrons. The average Bonchev–Trinajstić information content (AvgIpc) is 2.38. The zero-order valence-corrected chi connectivity index (χ0v) is 11.3. The number of aryl methyl sites for hydroxylation is 1. The third kappa shape index (κ3) is 3.29. The molecule has 0 fully saturated rings. The molecule has 0 saturated carbocycles. The minimum atomic E-state index is -0.478. The Balaban J connectivity index is 1.96. The van der Waals surface area contributed by atoms with Crippen LogP contribution in [-0.4, -0.2) is 22.7 Å². The van der Waals surface area contributed by atoms with Crippen LogP contribution in [-0.2, 0) is 6.42 Å². The molecular weight excluding hydrogens is 254 g/mol. The third-order valence-corrected chi connectivity index (χ3v) is 3.03. The summed E-state index contributed by atoms with van der Waals surface area (Å²) in [6.07, 6.45) is 0.696. The molecule has 0 bridgehead atoms. The number of rotatable bonds is 4. The summed E-state index contributed by atoms with van der Waals surface area (Å²) in [5, 5.41) is 21.9. The van der Waals surface area contributed by atoms with Crippen LogP contribution in [0.15, 0.2) is 42.5 Å². The zero-order chi connectivity index (χ0) is 14.5. The summed E-state index contributed by atoms with van der Waals surface area (Å²) in [5.74, 6) is -0.927. The van der Waals surface area contributed by atoms with Gasteiger partial charge in [-0.15, -0.1) is 0 Å². The number of nitrogens with one attached hydrogen (secondary N) is 1. The number of carbonyl (C=O) groups excluding carboxylic acids is 1. The fraction of sp³-hybridized carbons (Fsp3) is 0.188. The Kier molecular flexibility index (Phi) is 4.25. The van der Waals surface area contributed by atoms with E-state index in [0.717, 1.165) is 5.56 Å². The van der Waals surface area contributed by atoms with Gasteiger partial charge in [0.1, 0.15) is 17.1 Å². The second kappa shape index (κ2) is 6.10. The van der Waals surface area contributed by atoms with Crippen LogP contribution < -0.4 is 5.32 Å². The lowest BCUT2D eigenvalue weighted by molar-refractivity contribution is 0.0948. The van der Waals surface area contributed by atoms with E-state index in [1.54, 1.807) is 0 Å². The number of benzene rings is 2. The molecule has 3 N–H and O–H groups in total. The van der Waals surface area contributed by atoms with E-state index in [4.69, 9.17) is 0 Å². The Bertz CT molecular complexity index is 603. The van der Waals surface area contributed by atoms with E-state index in [9.17, 15) is 15.0 Å². The standard InChI is InChI=1S/C16H17NO3/c1-11-4-2-5-12(10-11)8-9-17-16(20)15-13(18)6-3-7-14(15)19/h2-7,10,18-19H,8-9H2,1H3,(H,17,20). The second-order valence-electron chi connectivity index (χ2n) is 4.67. The molecule has 20 heavy (non-hydrogen) atoms.